The zero-order chi connectivity index (χ0) is 19.9. The van der Waals surface area contributed by atoms with E-state index in [1.165, 1.54) is 28.9 Å². The molecule has 0 saturated heterocycles. The lowest BCUT2D eigenvalue weighted by atomic mass is 10.0. The lowest BCUT2D eigenvalue weighted by molar-refractivity contribution is -0.137. The number of anilines is 1. The number of nitrogens with one attached hydrogen (secondary N) is 1. The molecular weight excluding hydrogens is 394 g/mol. The van der Waals surface area contributed by atoms with Crippen molar-refractivity contribution in [3.8, 4) is 16.9 Å². The number of aromatic nitrogens is 2. The number of fused-ring (bicyclic) bond motifs is 1. The fourth-order valence-corrected chi connectivity index (χ4v) is 3.64. The van der Waals surface area contributed by atoms with Gasteiger partial charge in [-0.1, -0.05) is 23.7 Å². The summed E-state index contributed by atoms with van der Waals surface area (Å²) in [4.78, 5) is 0. The molecule has 3 nitrogen and oxygen atoms in total. The molecule has 1 N–H and O–H groups in total. The second kappa shape index (κ2) is 7.13. The summed E-state index contributed by atoms with van der Waals surface area (Å²) in [5.41, 5.74) is 0.798. The number of hydrogen-bond donors (Lipinski definition) is 1. The van der Waals surface area contributed by atoms with E-state index in [0.29, 0.717) is 30.0 Å². The summed E-state index contributed by atoms with van der Waals surface area (Å²) in [6.45, 7) is 0.621. The normalized spacial score (nSPS) is 14.3. The van der Waals surface area contributed by atoms with Crippen LogP contribution in [0, 0.1) is 5.82 Å². The Kier molecular flexibility index (Phi) is 4.79. The first kappa shape index (κ1) is 18.8. The van der Waals surface area contributed by atoms with Crippen LogP contribution in [0.5, 0.6) is 0 Å². The lowest BCUT2D eigenvalue weighted by Gasteiger charge is -2.16. The Morgan fingerprint density at radius 3 is 2.64 bits per heavy atom. The molecule has 1 aliphatic heterocycles. The molecule has 1 aliphatic rings. The Morgan fingerprint density at radius 1 is 1.07 bits per heavy atom. The third-order valence-corrected chi connectivity index (χ3v) is 4.95. The van der Waals surface area contributed by atoms with Gasteiger partial charge in [0.15, 0.2) is 0 Å². The van der Waals surface area contributed by atoms with Gasteiger partial charge in [-0.25, -0.2) is 9.07 Å². The van der Waals surface area contributed by atoms with E-state index in [-0.39, 0.29) is 10.7 Å². The van der Waals surface area contributed by atoms with Crippen molar-refractivity contribution in [1.82, 2.24) is 9.78 Å². The molecule has 4 rings (SSSR count). The fourth-order valence-electron chi connectivity index (χ4n) is 3.46. The van der Waals surface area contributed by atoms with Crippen LogP contribution >= 0.6 is 11.6 Å². The quantitative estimate of drug-likeness (QED) is 0.518. The Bertz CT molecular complexity index is 1030. The average molecular weight is 410 g/mol. The first-order chi connectivity index (χ1) is 13.3. The molecule has 0 amide bonds. The zero-order valence-electron chi connectivity index (χ0n) is 14.7. The van der Waals surface area contributed by atoms with Gasteiger partial charge in [0.25, 0.3) is 0 Å². The van der Waals surface area contributed by atoms with E-state index in [1.54, 1.807) is 12.1 Å². The molecule has 2 heterocycles. The van der Waals surface area contributed by atoms with Crippen LogP contribution < -0.4 is 5.32 Å². The SMILES string of the molecule is Fc1cccc(-c2nn(-c3ccc(Cl)cc3C(F)(F)F)c3c2CCCCN3)c1. The monoisotopic (exact) mass is 409 g/mol. The minimum absolute atomic E-state index is 0.00682. The summed E-state index contributed by atoms with van der Waals surface area (Å²) in [6, 6.07) is 9.52. The van der Waals surface area contributed by atoms with Gasteiger partial charge in [0.1, 0.15) is 11.6 Å². The van der Waals surface area contributed by atoms with Crippen molar-refractivity contribution < 1.29 is 17.6 Å². The van der Waals surface area contributed by atoms with Crippen LogP contribution in [0.25, 0.3) is 16.9 Å². The minimum atomic E-state index is -4.59. The van der Waals surface area contributed by atoms with Crippen LogP contribution in [0.2, 0.25) is 5.02 Å². The maximum absolute atomic E-state index is 13.7. The van der Waals surface area contributed by atoms with Gasteiger partial charge < -0.3 is 5.32 Å². The van der Waals surface area contributed by atoms with Crippen molar-refractivity contribution in [3.63, 3.8) is 0 Å². The largest absolute Gasteiger partial charge is 0.418 e. The first-order valence-electron chi connectivity index (χ1n) is 8.83. The zero-order valence-corrected chi connectivity index (χ0v) is 15.4. The molecule has 3 aromatic rings. The van der Waals surface area contributed by atoms with E-state index >= 15 is 0 Å². The van der Waals surface area contributed by atoms with Crippen molar-refractivity contribution in [2.24, 2.45) is 0 Å². The highest BCUT2D eigenvalue weighted by atomic mass is 35.5. The maximum atomic E-state index is 13.7. The molecular formula is C20H16ClF4N3. The number of halogens is 5. The van der Waals surface area contributed by atoms with E-state index in [4.69, 9.17) is 11.6 Å². The fraction of sp³-hybridized carbons (Fsp3) is 0.250. The molecule has 0 atom stereocenters. The second-order valence-corrected chi connectivity index (χ2v) is 7.08. The average Bonchev–Trinajstić information content (AvgIpc) is 2.82. The van der Waals surface area contributed by atoms with Gasteiger partial charge in [-0.15, -0.1) is 0 Å². The van der Waals surface area contributed by atoms with Crippen LogP contribution in [0.15, 0.2) is 42.5 Å². The van der Waals surface area contributed by atoms with Crippen LogP contribution in [0.4, 0.5) is 23.4 Å². The van der Waals surface area contributed by atoms with E-state index in [2.05, 4.69) is 10.4 Å². The Morgan fingerprint density at radius 2 is 1.89 bits per heavy atom. The Balaban J connectivity index is 1.97. The third-order valence-electron chi connectivity index (χ3n) is 4.72. The second-order valence-electron chi connectivity index (χ2n) is 6.64. The van der Waals surface area contributed by atoms with E-state index < -0.39 is 17.6 Å². The summed E-state index contributed by atoms with van der Waals surface area (Å²) in [7, 11) is 0. The van der Waals surface area contributed by atoms with Crippen LogP contribution in [-0.4, -0.2) is 16.3 Å². The molecule has 28 heavy (non-hydrogen) atoms. The van der Waals surface area contributed by atoms with Crippen molar-refractivity contribution in [2.45, 2.75) is 25.4 Å². The topological polar surface area (TPSA) is 29.9 Å². The standard InChI is InChI=1S/C20H16ClF4N3/c21-13-7-8-17(16(11-13)20(23,24)25)28-19-15(6-1-2-9-26-19)18(27-28)12-4-3-5-14(22)10-12/h3-5,7-8,10-11,26H,1-2,6,9H2. The van der Waals surface area contributed by atoms with E-state index in [1.807, 2.05) is 0 Å². The molecule has 0 saturated carbocycles. The molecule has 0 fully saturated rings. The molecule has 2 aromatic carbocycles. The van der Waals surface area contributed by atoms with Gasteiger partial charge in [-0.3, -0.25) is 0 Å². The van der Waals surface area contributed by atoms with Crippen LogP contribution in [0.1, 0.15) is 24.0 Å². The lowest BCUT2D eigenvalue weighted by Crippen LogP contribution is -2.14. The van der Waals surface area contributed by atoms with E-state index in [9.17, 15) is 17.6 Å². The molecule has 8 heteroatoms. The van der Waals surface area contributed by atoms with Crippen LogP contribution in [-0.2, 0) is 12.6 Å². The van der Waals surface area contributed by atoms with Gasteiger partial charge in [0.2, 0.25) is 0 Å². The molecule has 146 valence electrons. The minimum Gasteiger partial charge on any atom is -0.370 e. The molecule has 0 bridgehead atoms. The third kappa shape index (κ3) is 3.46. The summed E-state index contributed by atoms with van der Waals surface area (Å²) in [5.74, 6) is 0.0782. The van der Waals surface area contributed by atoms with Crippen molar-refractivity contribution in [1.29, 1.82) is 0 Å². The molecule has 1 aromatic heterocycles. The highest BCUT2D eigenvalue weighted by Crippen LogP contribution is 2.39. The molecule has 0 radical (unpaired) electrons. The first-order valence-corrected chi connectivity index (χ1v) is 9.21. The van der Waals surface area contributed by atoms with Gasteiger partial charge in [-0.2, -0.15) is 18.3 Å². The predicted molar refractivity (Wildman–Crippen MR) is 100 cm³/mol. The smallest absolute Gasteiger partial charge is 0.370 e. The summed E-state index contributed by atoms with van der Waals surface area (Å²) in [6.07, 6.45) is -2.21. The van der Waals surface area contributed by atoms with Crippen LogP contribution in [0.3, 0.4) is 0 Å². The molecule has 0 unspecified atom stereocenters. The number of hydrogen-bond acceptors (Lipinski definition) is 2. The van der Waals surface area contributed by atoms with Gasteiger partial charge in [0.05, 0.1) is 16.9 Å². The maximum Gasteiger partial charge on any atom is 0.418 e. The van der Waals surface area contributed by atoms with Crippen molar-refractivity contribution in [2.75, 3.05) is 11.9 Å². The number of benzene rings is 2. The highest BCUT2D eigenvalue weighted by Gasteiger charge is 2.36. The summed E-state index contributed by atoms with van der Waals surface area (Å²) >= 11 is 5.81. The van der Waals surface area contributed by atoms with Crippen molar-refractivity contribution >= 4 is 17.4 Å². The number of rotatable bonds is 2. The number of nitrogens with zero attached hydrogens (tertiary/aromatic N) is 2. The number of alkyl halides is 3. The Labute approximate surface area is 163 Å². The van der Waals surface area contributed by atoms with Gasteiger partial charge >= 0.3 is 6.18 Å². The molecule has 0 spiro atoms. The molecule has 0 aliphatic carbocycles. The van der Waals surface area contributed by atoms with Gasteiger partial charge in [0, 0.05) is 22.7 Å². The summed E-state index contributed by atoms with van der Waals surface area (Å²) in [5, 5.41) is 7.65. The van der Waals surface area contributed by atoms with Crippen molar-refractivity contribution in [3.05, 3.63) is 64.4 Å². The Hall–Kier alpha value is -2.54. The highest BCUT2D eigenvalue weighted by molar-refractivity contribution is 6.30. The van der Waals surface area contributed by atoms with Gasteiger partial charge in [-0.05, 0) is 49.6 Å². The summed E-state index contributed by atoms with van der Waals surface area (Å²) < 4.78 is 55.9. The van der Waals surface area contributed by atoms with E-state index in [0.717, 1.165) is 24.5 Å². The predicted octanol–water partition coefficient (Wildman–Crippen LogP) is 6.10.